The zero-order chi connectivity index (χ0) is 11.3. The maximum atomic E-state index is 10.4. The number of carboxylic acids is 1. The van der Waals surface area contributed by atoms with Crippen molar-refractivity contribution < 1.29 is 14.6 Å². The molecule has 1 fully saturated rings. The summed E-state index contributed by atoms with van der Waals surface area (Å²) in [6.45, 7) is 6.94. The number of rotatable bonds is 5. The molecule has 1 rings (SSSR count). The van der Waals surface area contributed by atoms with Crippen molar-refractivity contribution in [2.45, 2.75) is 45.3 Å². The van der Waals surface area contributed by atoms with Gasteiger partial charge in [-0.1, -0.05) is 6.92 Å². The normalized spacial score (nSPS) is 27.9. The van der Waals surface area contributed by atoms with Crippen LogP contribution in [0.2, 0.25) is 0 Å². The highest BCUT2D eigenvalue weighted by atomic mass is 16.5. The monoisotopic (exact) mass is 215 g/mol. The summed E-state index contributed by atoms with van der Waals surface area (Å²) >= 11 is 0. The highest BCUT2D eigenvalue weighted by Gasteiger charge is 2.23. The van der Waals surface area contributed by atoms with Gasteiger partial charge >= 0.3 is 5.97 Å². The minimum atomic E-state index is -0.705. The number of nitrogens with zero attached hydrogens (tertiary/aromatic N) is 1. The third-order valence-corrected chi connectivity index (χ3v) is 2.72. The van der Waals surface area contributed by atoms with E-state index in [9.17, 15) is 4.79 Å². The van der Waals surface area contributed by atoms with E-state index < -0.39 is 5.97 Å². The number of aliphatic carboxylic acids is 1. The number of carbonyl (C=O) groups is 1. The number of carboxylic acid groups (broad SMARTS) is 1. The third kappa shape index (κ3) is 4.62. The standard InChI is InChI=1S/C11H21NO3/c1-3-10-8-12(7-9(2)15-10)6-4-5-11(13)14/h9-10H,3-8H2,1-2H3,(H,13,14)/t9-,10-/m0/s1. The average molecular weight is 215 g/mol. The van der Waals surface area contributed by atoms with Gasteiger partial charge in [0, 0.05) is 19.5 Å². The van der Waals surface area contributed by atoms with Crippen molar-refractivity contribution >= 4 is 5.97 Å². The molecule has 1 aliphatic rings. The first-order valence-electron chi connectivity index (χ1n) is 5.71. The highest BCUT2D eigenvalue weighted by molar-refractivity contribution is 5.66. The van der Waals surface area contributed by atoms with Gasteiger partial charge in [0.25, 0.3) is 0 Å². The molecule has 0 aromatic carbocycles. The lowest BCUT2D eigenvalue weighted by molar-refractivity contribution is -0.137. The first-order chi connectivity index (χ1) is 7.11. The fraction of sp³-hybridized carbons (Fsp3) is 0.909. The third-order valence-electron chi connectivity index (χ3n) is 2.72. The molecule has 0 spiro atoms. The van der Waals surface area contributed by atoms with Crippen LogP contribution in [-0.2, 0) is 9.53 Å². The van der Waals surface area contributed by atoms with Crippen LogP contribution in [0.1, 0.15) is 33.1 Å². The summed E-state index contributed by atoms with van der Waals surface area (Å²) in [6.07, 6.45) is 2.62. The molecule has 4 heteroatoms. The van der Waals surface area contributed by atoms with Crippen LogP contribution in [0.3, 0.4) is 0 Å². The molecule has 0 radical (unpaired) electrons. The Hall–Kier alpha value is -0.610. The van der Waals surface area contributed by atoms with Gasteiger partial charge in [0.05, 0.1) is 12.2 Å². The molecule has 2 atom stereocenters. The maximum absolute atomic E-state index is 10.4. The molecule has 0 amide bonds. The van der Waals surface area contributed by atoms with Gasteiger partial charge in [-0.05, 0) is 26.3 Å². The molecule has 1 N–H and O–H groups in total. The molecule has 0 bridgehead atoms. The van der Waals surface area contributed by atoms with Gasteiger partial charge < -0.3 is 9.84 Å². The summed E-state index contributed by atoms with van der Waals surface area (Å²) in [5.74, 6) is -0.705. The Kier molecular flexibility index (Phi) is 5.05. The molecule has 0 aromatic heterocycles. The fourth-order valence-electron chi connectivity index (χ4n) is 2.00. The number of hydrogen-bond donors (Lipinski definition) is 1. The second kappa shape index (κ2) is 6.08. The number of hydrogen-bond acceptors (Lipinski definition) is 3. The molecule has 0 unspecified atom stereocenters. The molecule has 88 valence electrons. The Morgan fingerprint density at radius 2 is 2.27 bits per heavy atom. The summed E-state index contributed by atoms with van der Waals surface area (Å²) in [5, 5.41) is 8.55. The van der Waals surface area contributed by atoms with Crippen LogP contribution in [0, 0.1) is 0 Å². The summed E-state index contributed by atoms with van der Waals surface area (Å²) in [5.41, 5.74) is 0. The molecule has 15 heavy (non-hydrogen) atoms. The molecule has 0 saturated carbocycles. The predicted octanol–water partition coefficient (Wildman–Crippen LogP) is 1.35. The van der Waals surface area contributed by atoms with Crippen molar-refractivity contribution in [2.75, 3.05) is 19.6 Å². The van der Waals surface area contributed by atoms with Gasteiger partial charge in [-0.2, -0.15) is 0 Å². The van der Waals surface area contributed by atoms with Crippen LogP contribution in [0.25, 0.3) is 0 Å². The van der Waals surface area contributed by atoms with Gasteiger partial charge in [-0.3, -0.25) is 9.69 Å². The number of ether oxygens (including phenoxy) is 1. The van der Waals surface area contributed by atoms with E-state index in [1.165, 1.54) is 0 Å². The van der Waals surface area contributed by atoms with Crippen molar-refractivity contribution in [3.8, 4) is 0 Å². The van der Waals surface area contributed by atoms with Gasteiger partial charge in [0.2, 0.25) is 0 Å². The van der Waals surface area contributed by atoms with Crippen LogP contribution in [0.15, 0.2) is 0 Å². The molecule has 0 aromatic rings. The van der Waals surface area contributed by atoms with E-state index in [0.29, 0.717) is 6.10 Å². The van der Waals surface area contributed by atoms with Gasteiger partial charge in [0.15, 0.2) is 0 Å². The quantitative estimate of drug-likeness (QED) is 0.752. The Balaban J connectivity index is 2.25. The molecule has 0 aliphatic carbocycles. The average Bonchev–Trinajstić information content (AvgIpc) is 2.16. The lowest BCUT2D eigenvalue weighted by atomic mass is 10.1. The van der Waals surface area contributed by atoms with Crippen molar-refractivity contribution in [3.05, 3.63) is 0 Å². The second-order valence-corrected chi connectivity index (χ2v) is 4.23. The van der Waals surface area contributed by atoms with Crippen LogP contribution in [0.5, 0.6) is 0 Å². The van der Waals surface area contributed by atoms with Crippen LogP contribution in [0.4, 0.5) is 0 Å². The summed E-state index contributed by atoms with van der Waals surface area (Å²) in [6, 6.07) is 0. The Bertz CT molecular complexity index is 208. The zero-order valence-electron chi connectivity index (χ0n) is 9.61. The zero-order valence-corrected chi connectivity index (χ0v) is 9.61. The van der Waals surface area contributed by atoms with E-state index >= 15 is 0 Å². The molecular weight excluding hydrogens is 194 g/mol. The summed E-state index contributed by atoms with van der Waals surface area (Å²) in [7, 11) is 0. The van der Waals surface area contributed by atoms with E-state index in [-0.39, 0.29) is 12.5 Å². The Morgan fingerprint density at radius 1 is 1.53 bits per heavy atom. The molecule has 1 aliphatic heterocycles. The van der Waals surface area contributed by atoms with Crippen molar-refractivity contribution in [2.24, 2.45) is 0 Å². The highest BCUT2D eigenvalue weighted by Crippen LogP contribution is 2.13. The Labute approximate surface area is 91.2 Å². The van der Waals surface area contributed by atoms with E-state index in [0.717, 1.165) is 32.5 Å². The van der Waals surface area contributed by atoms with Crippen LogP contribution >= 0.6 is 0 Å². The maximum Gasteiger partial charge on any atom is 0.303 e. The van der Waals surface area contributed by atoms with E-state index in [1.807, 2.05) is 0 Å². The van der Waals surface area contributed by atoms with E-state index in [2.05, 4.69) is 18.7 Å². The van der Waals surface area contributed by atoms with Crippen LogP contribution < -0.4 is 0 Å². The molecule has 4 nitrogen and oxygen atoms in total. The van der Waals surface area contributed by atoms with E-state index in [4.69, 9.17) is 9.84 Å². The van der Waals surface area contributed by atoms with Crippen molar-refractivity contribution in [1.29, 1.82) is 0 Å². The van der Waals surface area contributed by atoms with Crippen molar-refractivity contribution in [1.82, 2.24) is 4.90 Å². The number of morpholine rings is 1. The van der Waals surface area contributed by atoms with Crippen molar-refractivity contribution in [3.63, 3.8) is 0 Å². The van der Waals surface area contributed by atoms with E-state index in [1.54, 1.807) is 0 Å². The smallest absolute Gasteiger partial charge is 0.303 e. The summed E-state index contributed by atoms with van der Waals surface area (Å²) in [4.78, 5) is 12.7. The first-order valence-corrected chi connectivity index (χ1v) is 5.71. The lowest BCUT2D eigenvalue weighted by Gasteiger charge is -2.36. The predicted molar refractivity (Wildman–Crippen MR) is 57.9 cm³/mol. The minimum absolute atomic E-state index is 0.266. The van der Waals surface area contributed by atoms with Gasteiger partial charge in [-0.25, -0.2) is 0 Å². The Morgan fingerprint density at radius 3 is 2.87 bits per heavy atom. The topological polar surface area (TPSA) is 49.8 Å². The van der Waals surface area contributed by atoms with Crippen LogP contribution in [-0.4, -0.2) is 47.8 Å². The molecule has 1 heterocycles. The second-order valence-electron chi connectivity index (χ2n) is 4.23. The minimum Gasteiger partial charge on any atom is -0.481 e. The largest absolute Gasteiger partial charge is 0.481 e. The first kappa shape index (κ1) is 12.5. The van der Waals surface area contributed by atoms with Gasteiger partial charge in [0.1, 0.15) is 0 Å². The molecule has 1 saturated heterocycles. The van der Waals surface area contributed by atoms with Gasteiger partial charge in [-0.15, -0.1) is 0 Å². The fourth-order valence-corrected chi connectivity index (χ4v) is 2.00. The summed E-state index contributed by atoms with van der Waals surface area (Å²) < 4.78 is 5.74. The lowest BCUT2D eigenvalue weighted by Crippen LogP contribution is -2.46. The SMILES string of the molecule is CC[C@H]1CN(CCCC(=O)O)C[C@H](C)O1. The molecular formula is C11H21NO3.